The van der Waals surface area contributed by atoms with Crippen LogP contribution >= 0.6 is 0 Å². The van der Waals surface area contributed by atoms with Crippen LogP contribution in [0.1, 0.15) is 47.1 Å². The average Bonchev–Trinajstić information content (AvgIpc) is 2.88. The van der Waals surface area contributed by atoms with Crippen molar-refractivity contribution in [2.75, 3.05) is 6.61 Å². The summed E-state index contributed by atoms with van der Waals surface area (Å²) in [5, 5.41) is 4.67. The molecule has 2 aliphatic carbocycles. The number of nitrogens with zero attached hydrogens (tertiary/aromatic N) is 2. The summed E-state index contributed by atoms with van der Waals surface area (Å²) < 4.78 is 7.43. The van der Waals surface area contributed by atoms with E-state index in [1.165, 1.54) is 11.3 Å². The lowest BCUT2D eigenvalue weighted by Gasteiger charge is -2.11. The number of benzene rings is 1. The zero-order valence-corrected chi connectivity index (χ0v) is 13.9. The fourth-order valence-corrected chi connectivity index (χ4v) is 4.24. The van der Waals surface area contributed by atoms with Gasteiger partial charge in [0, 0.05) is 11.3 Å². The Kier molecular flexibility index (Phi) is 3.12. The van der Waals surface area contributed by atoms with E-state index in [9.17, 15) is 4.79 Å². The van der Waals surface area contributed by atoms with Gasteiger partial charge >= 0.3 is 5.97 Å². The summed E-state index contributed by atoms with van der Waals surface area (Å²) in [6, 6.07) is 9.11. The number of ether oxygens (including phenoxy) is 1. The summed E-state index contributed by atoms with van der Waals surface area (Å²) in [6.45, 7) is 7.80. The van der Waals surface area contributed by atoms with E-state index in [0.29, 0.717) is 30.0 Å². The third-order valence-electron chi connectivity index (χ3n) is 5.60. The molecule has 0 radical (unpaired) electrons. The van der Waals surface area contributed by atoms with E-state index in [0.717, 1.165) is 18.0 Å². The minimum atomic E-state index is -0.268. The molecule has 2 aliphatic rings. The Morgan fingerprint density at radius 2 is 2.09 bits per heavy atom. The smallest absolute Gasteiger partial charge is 0.338 e. The van der Waals surface area contributed by atoms with E-state index in [1.54, 1.807) is 12.1 Å². The predicted octanol–water partition coefficient (Wildman–Crippen LogP) is 3.34. The Hall–Kier alpha value is -2.10. The average molecular weight is 310 g/mol. The molecule has 0 aliphatic heterocycles. The van der Waals surface area contributed by atoms with E-state index in [-0.39, 0.29) is 5.97 Å². The summed E-state index contributed by atoms with van der Waals surface area (Å²) in [4.78, 5) is 12.0. The molecule has 1 aromatic carbocycles. The molecule has 0 amide bonds. The van der Waals surface area contributed by atoms with Gasteiger partial charge in [0.15, 0.2) is 0 Å². The van der Waals surface area contributed by atoms with Crippen molar-refractivity contribution in [1.82, 2.24) is 9.78 Å². The maximum absolute atomic E-state index is 12.0. The molecule has 2 atom stereocenters. The van der Waals surface area contributed by atoms with Crippen LogP contribution in [0.5, 0.6) is 0 Å². The van der Waals surface area contributed by atoms with Crippen molar-refractivity contribution >= 4 is 5.97 Å². The van der Waals surface area contributed by atoms with Gasteiger partial charge in [-0.3, -0.25) is 4.68 Å². The highest BCUT2D eigenvalue weighted by molar-refractivity contribution is 5.89. The van der Waals surface area contributed by atoms with Gasteiger partial charge in [-0.15, -0.1) is 0 Å². The number of hydrogen-bond donors (Lipinski definition) is 0. The van der Waals surface area contributed by atoms with Crippen molar-refractivity contribution in [2.45, 2.75) is 39.7 Å². The van der Waals surface area contributed by atoms with Crippen LogP contribution in [0.15, 0.2) is 30.3 Å². The third kappa shape index (κ3) is 2.19. The van der Waals surface area contributed by atoms with Crippen molar-refractivity contribution in [1.29, 1.82) is 0 Å². The maximum atomic E-state index is 12.0. The van der Waals surface area contributed by atoms with E-state index < -0.39 is 0 Å². The first-order chi connectivity index (χ1) is 11.0. The molecule has 0 bridgehead atoms. The lowest BCUT2D eigenvalue weighted by Crippen LogP contribution is -2.15. The standard InChI is InChI=1S/C19H22N2O2/c1-12-16-15(11-14-17(16)19(14,2)3)21(20-12)9-10-23-18(22)13-7-5-4-6-8-13/h4-8,14,17H,9-11H2,1-3H3/t14-,17-/m1/s1. The predicted molar refractivity (Wildman–Crippen MR) is 87.4 cm³/mol. The first-order valence-corrected chi connectivity index (χ1v) is 8.28. The first kappa shape index (κ1) is 14.5. The molecular formula is C19H22N2O2. The number of rotatable bonds is 4. The second-order valence-corrected chi connectivity index (χ2v) is 7.28. The largest absolute Gasteiger partial charge is 0.460 e. The molecule has 1 saturated carbocycles. The molecule has 0 N–H and O–H groups in total. The van der Waals surface area contributed by atoms with Gasteiger partial charge in [-0.25, -0.2) is 4.79 Å². The fourth-order valence-electron chi connectivity index (χ4n) is 4.24. The molecule has 0 unspecified atom stereocenters. The number of aryl methyl sites for hydroxylation is 1. The molecule has 1 fully saturated rings. The van der Waals surface area contributed by atoms with Crippen LogP contribution in [-0.4, -0.2) is 22.4 Å². The molecule has 4 nitrogen and oxygen atoms in total. The van der Waals surface area contributed by atoms with Crippen LogP contribution < -0.4 is 0 Å². The molecule has 0 spiro atoms. The highest BCUT2D eigenvalue weighted by Gasteiger charge is 2.63. The van der Waals surface area contributed by atoms with Crippen molar-refractivity contribution in [2.24, 2.45) is 11.3 Å². The number of carbonyl (C=O) groups excluding carboxylic acids is 1. The van der Waals surface area contributed by atoms with Gasteiger partial charge in [0.2, 0.25) is 0 Å². The highest BCUT2D eigenvalue weighted by Crippen LogP contribution is 2.70. The van der Waals surface area contributed by atoms with Crippen LogP contribution in [0.25, 0.3) is 0 Å². The minimum Gasteiger partial charge on any atom is -0.460 e. The van der Waals surface area contributed by atoms with Crippen LogP contribution in [0.4, 0.5) is 0 Å². The van der Waals surface area contributed by atoms with Crippen LogP contribution in [0.3, 0.4) is 0 Å². The van der Waals surface area contributed by atoms with Crippen LogP contribution in [-0.2, 0) is 17.7 Å². The van der Waals surface area contributed by atoms with Gasteiger partial charge in [-0.05, 0) is 42.7 Å². The molecule has 4 rings (SSSR count). The third-order valence-corrected chi connectivity index (χ3v) is 5.60. The summed E-state index contributed by atoms with van der Waals surface area (Å²) in [6.07, 6.45) is 1.11. The first-order valence-electron chi connectivity index (χ1n) is 8.28. The molecule has 23 heavy (non-hydrogen) atoms. The van der Waals surface area contributed by atoms with Gasteiger partial charge in [0.05, 0.1) is 17.8 Å². The Morgan fingerprint density at radius 3 is 2.83 bits per heavy atom. The molecule has 1 aromatic heterocycles. The molecule has 1 heterocycles. The number of esters is 1. The van der Waals surface area contributed by atoms with E-state index in [4.69, 9.17) is 4.74 Å². The highest BCUT2D eigenvalue weighted by atomic mass is 16.5. The van der Waals surface area contributed by atoms with Gasteiger partial charge in [-0.1, -0.05) is 32.0 Å². The van der Waals surface area contributed by atoms with E-state index in [1.807, 2.05) is 22.9 Å². The lowest BCUT2D eigenvalue weighted by molar-refractivity contribution is 0.0486. The Labute approximate surface area is 136 Å². The second kappa shape index (κ2) is 4.95. The Bertz CT molecular complexity index is 761. The van der Waals surface area contributed by atoms with Crippen molar-refractivity contribution in [3.63, 3.8) is 0 Å². The molecule has 2 aromatic rings. The minimum absolute atomic E-state index is 0.268. The topological polar surface area (TPSA) is 44.1 Å². The summed E-state index contributed by atoms with van der Waals surface area (Å²) in [5.74, 6) is 1.18. The number of fused-ring (bicyclic) bond motifs is 3. The number of hydrogen-bond acceptors (Lipinski definition) is 3. The monoisotopic (exact) mass is 310 g/mol. The van der Waals surface area contributed by atoms with Crippen molar-refractivity contribution in [3.05, 3.63) is 52.8 Å². The zero-order chi connectivity index (χ0) is 16.2. The normalized spacial score (nSPS) is 23.3. The summed E-state index contributed by atoms with van der Waals surface area (Å²) >= 11 is 0. The van der Waals surface area contributed by atoms with Crippen LogP contribution in [0, 0.1) is 18.3 Å². The molecular weight excluding hydrogens is 288 g/mol. The number of aromatic nitrogens is 2. The van der Waals surface area contributed by atoms with Crippen molar-refractivity contribution < 1.29 is 9.53 Å². The fraction of sp³-hybridized carbons (Fsp3) is 0.474. The Balaban J connectivity index is 1.41. The zero-order valence-electron chi connectivity index (χ0n) is 13.9. The van der Waals surface area contributed by atoms with Gasteiger partial charge in [0.25, 0.3) is 0 Å². The maximum Gasteiger partial charge on any atom is 0.338 e. The number of carbonyl (C=O) groups is 1. The Morgan fingerprint density at radius 1 is 1.35 bits per heavy atom. The molecule has 120 valence electrons. The van der Waals surface area contributed by atoms with Crippen molar-refractivity contribution in [3.8, 4) is 0 Å². The lowest BCUT2D eigenvalue weighted by atomic mass is 9.98. The van der Waals surface area contributed by atoms with E-state index in [2.05, 4.69) is 25.9 Å². The van der Waals surface area contributed by atoms with Gasteiger partial charge in [0.1, 0.15) is 6.61 Å². The molecule has 0 saturated heterocycles. The van der Waals surface area contributed by atoms with Gasteiger partial charge in [-0.2, -0.15) is 5.10 Å². The van der Waals surface area contributed by atoms with Crippen LogP contribution in [0.2, 0.25) is 0 Å². The summed E-state index contributed by atoms with van der Waals surface area (Å²) in [5.41, 5.74) is 4.98. The SMILES string of the molecule is Cc1nn(CCOC(=O)c2ccccc2)c2c1[C@H]1[C@@H](C2)C1(C)C. The van der Waals surface area contributed by atoms with Gasteiger partial charge < -0.3 is 4.74 Å². The second-order valence-electron chi connectivity index (χ2n) is 7.28. The quantitative estimate of drug-likeness (QED) is 0.814. The van der Waals surface area contributed by atoms with E-state index >= 15 is 0 Å². The molecule has 4 heteroatoms. The summed E-state index contributed by atoms with van der Waals surface area (Å²) in [7, 11) is 0.